The maximum atomic E-state index is 12.8. The van der Waals surface area contributed by atoms with Crippen molar-refractivity contribution in [3.63, 3.8) is 0 Å². The molecule has 5 heteroatoms. The molecule has 0 spiro atoms. The van der Waals surface area contributed by atoms with E-state index >= 15 is 0 Å². The van der Waals surface area contributed by atoms with Crippen molar-refractivity contribution in [2.45, 2.75) is 45.7 Å². The molecule has 1 N–H and O–H groups in total. The van der Waals surface area contributed by atoms with Crippen LogP contribution in [0.4, 0.5) is 0 Å². The first-order valence-electron chi connectivity index (χ1n) is 7.43. The molecule has 1 amide bonds. The zero-order chi connectivity index (χ0) is 14.7. The lowest BCUT2D eigenvalue weighted by Gasteiger charge is -2.25. The molecule has 1 fully saturated rings. The first kappa shape index (κ1) is 15.6. The molecule has 1 aromatic heterocycles. The monoisotopic (exact) mass is 341 g/mol. The number of nitrogens with zero attached hydrogens (tertiary/aromatic N) is 2. The highest BCUT2D eigenvalue weighted by atomic mass is 79.9. The van der Waals surface area contributed by atoms with E-state index in [1.165, 1.54) is 12.8 Å². The average Bonchev–Trinajstić information content (AvgIpc) is 3.04. The molecule has 1 atom stereocenters. The summed E-state index contributed by atoms with van der Waals surface area (Å²) in [5.41, 5.74) is 0.770. The molecule has 0 bridgehead atoms. The fourth-order valence-corrected chi connectivity index (χ4v) is 3.18. The van der Waals surface area contributed by atoms with E-state index in [0.717, 1.165) is 29.8 Å². The van der Waals surface area contributed by atoms with E-state index in [9.17, 15) is 4.79 Å². The number of aromatic nitrogens is 1. The molecule has 1 saturated heterocycles. The molecule has 1 aromatic rings. The van der Waals surface area contributed by atoms with Crippen LogP contribution in [-0.4, -0.2) is 41.1 Å². The van der Waals surface area contributed by atoms with Gasteiger partial charge in [-0.25, -0.2) is 0 Å². The Labute approximate surface area is 129 Å². The topological polar surface area (TPSA) is 37.3 Å². The SMILES string of the molecule is CCN(CC1CCCN1)C(=O)c1cc(Br)cn1C(C)C. The van der Waals surface area contributed by atoms with Gasteiger partial charge in [-0.15, -0.1) is 0 Å². The van der Waals surface area contributed by atoms with E-state index in [-0.39, 0.29) is 11.9 Å². The second-order valence-electron chi connectivity index (χ2n) is 5.68. The van der Waals surface area contributed by atoms with Gasteiger partial charge in [-0.1, -0.05) is 0 Å². The van der Waals surface area contributed by atoms with Gasteiger partial charge in [-0.05, 0) is 62.2 Å². The Morgan fingerprint density at radius 2 is 2.35 bits per heavy atom. The van der Waals surface area contributed by atoms with Crippen LogP contribution in [-0.2, 0) is 0 Å². The van der Waals surface area contributed by atoms with Gasteiger partial charge in [0.05, 0.1) is 0 Å². The summed E-state index contributed by atoms with van der Waals surface area (Å²) in [5.74, 6) is 0.126. The maximum Gasteiger partial charge on any atom is 0.270 e. The van der Waals surface area contributed by atoms with E-state index in [0.29, 0.717) is 6.04 Å². The van der Waals surface area contributed by atoms with Crippen molar-refractivity contribution in [1.29, 1.82) is 0 Å². The maximum absolute atomic E-state index is 12.8. The minimum Gasteiger partial charge on any atom is -0.340 e. The number of hydrogen-bond donors (Lipinski definition) is 1. The Morgan fingerprint density at radius 3 is 2.90 bits per heavy atom. The first-order valence-corrected chi connectivity index (χ1v) is 8.22. The van der Waals surface area contributed by atoms with Crippen LogP contribution in [0.5, 0.6) is 0 Å². The molecule has 0 aromatic carbocycles. The van der Waals surface area contributed by atoms with Crippen LogP contribution in [0.25, 0.3) is 0 Å². The summed E-state index contributed by atoms with van der Waals surface area (Å²) in [6.07, 6.45) is 4.36. The quantitative estimate of drug-likeness (QED) is 0.893. The summed E-state index contributed by atoms with van der Waals surface area (Å²) in [6.45, 7) is 8.86. The summed E-state index contributed by atoms with van der Waals surface area (Å²) in [4.78, 5) is 14.7. The minimum absolute atomic E-state index is 0.126. The highest BCUT2D eigenvalue weighted by molar-refractivity contribution is 9.10. The summed E-state index contributed by atoms with van der Waals surface area (Å²) in [5, 5.41) is 3.46. The summed E-state index contributed by atoms with van der Waals surface area (Å²) in [6, 6.07) is 2.65. The van der Waals surface area contributed by atoms with Crippen LogP contribution >= 0.6 is 15.9 Å². The second-order valence-corrected chi connectivity index (χ2v) is 6.60. The highest BCUT2D eigenvalue weighted by Gasteiger charge is 2.24. The van der Waals surface area contributed by atoms with Crippen LogP contribution in [0.1, 0.15) is 50.1 Å². The molecule has 1 unspecified atom stereocenters. The number of hydrogen-bond acceptors (Lipinski definition) is 2. The van der Waals surface area contributed by atoms with Crippen LogP contribution in [0.15, 0.2) is 16.7 Å². The highest BCUT2D eigenvalue weighted by Crippen LogP contribution is 2.21. The standard InChI is InChI=1S/C15H24BrN3O/c1-4-18(10-13-6-5-7-17-13)15(20)14-8-12(16)9-19(14)11(2)3/h8-9,11,13,17H,4-7,10H2,1-3H3. The van der Waals surface area contributed by atoms with Gasteiger partial charge in [0, 0.05) is 35.8 Å². The third-order valence-corrected chi connectivity index (χ3v) is 4.30. The Bertz CT molecular complexity index is 464. The molecule has 1 aliphatic heterocycles. The van der Waals surface area contributed by atoms with Crippen LogP contribution in [0, 0.1) is 0 Å². The molecule has 1 aliphatic rings. The first-order chi connectivity index (χ1) is 9.52. The fourth-order valence-electron chi connectivity index (χ4n) is 2.74. The molecule has 20 heavy (non-hydrogen) atoms. The van der Waals surface area contributed by atoms with Crippen molar-refractivity contribution in [1.82, 2.24) is 14.8 Å². The molecule has 2 rings (SSSR count). The average molecular weight is 342 g/mol. The van der Waals surface area contributed by atoms with E-state index in [1.807, 2.05) is 28.7 Å². The van der Waals surface area contributed by atoms with E-state index in [4.69, 9.17) is 0 Å². The largest absolute Gasteiger partial charge is 0.340 e. The number of likely N-dealkylation sites (N-methyl/N-ethyl adjacent to an activating group) is 1. The smallest absolute Gasteiger partial charge is 0.270 e. The van der Waals surface area contributed by atoms with Gasteiger partial charge in [-0.3, -0.25) is 4.79 Å². The van der Waals surface area contributed by atoms with Crippen molar-refractivity contribution in [3.05, 3.63) is 22.4 Å². The third kappa shape index (κ3) is 3.44. The van der Waals surface area contributed by atoms with Crippen LogP contribution in [0.2, 0.25) is 0 Å². The van der Waals surface area contributed by atoms with Crippen molar-refractivity contribution >= 4 is 21.8 Å². The number of rotatable bonds is 5. The van der Waals surface area contributed by atoms with E-state index < -0.39 is 0 Å². The zero-order valence-electron chi connectivity index (χ0n) is 12.5. The van der Waals surface area contributed by atoms with Crippen LogP contribution in [0.3, 0.4) is 0 Å². The molecule has 4 nitrogen and oxygen atoms in total. The lowest BCUT2D eigenvalue weighted by Crippen LogP contribution is -2.41. The lowest BCUT2D eigenvalue weighted by molar-refractivity contribution is 0.0739. The van der Waals surface area contributed by atoms with Gasteiger partial charge >= 0.3 is 0 Å². The van der Waals surface area contributed by atoms with Crippen molar-refractivity contribution < 1.29 is 4.79 Å². The number of carbonyl (C=O) groups excluding carboxylic acids is 1. The van der Waals surface area contributed by atoms with Crippen molar-refractivity contribution in [3.8, 4) is 0 Å². The molecule has 0 saturated carbocycles. The lowest BCUT2D eigenvalue weighted by atomic mass is 10.2. The Hall–Kier alpha value is -0.810. The van der Waals surface area contributed by atoms with Crippen LogP contribution < -0.4 is 5.32 Å². The predicted octanol–water partition coefficient (Wildman–Crippen LogP) is 3.05. The van der Waals surface area contributed by atoms with Crippen molar-refractivity contribution in [2.24, 2.45) is 0 Å². The molecule has 0 radical (unpaired) electrons. The summed E-state index contributed by atoms with van der Waals surface area (Å²) >= 11 is 3.47. The number of amides is 1. The van der Waals surface area contributed by atoms with Gasteiger partial charge in [0.25, 0.3) is 5.91 Å². The number of halogens is 1. The van der Waals surface area contributed by atoms with Crippen molar-refractivity contribution in [2.75, 3.05) is 19.6 Å². The fraction of sp³-hybridized carbons (Fsp3) is 0.667. The zero-order valence-corrected chi connectivity index (χ0v) is 14.1. The van der Waals surface area contributed by atoms with E-state index in [2.05, 4.69) is 35.1 Å². The minimum atomic E-state index is 0.126. The van der Waals surface area contributed by atoms with Gasteiger partial charge in [0.1, 0.15) is 5.69 Å². The van der Waals surface area contributed by atoms with Gasteiger partial charge in [0.15, 0.2) is 0 Å². The molecule has 0 aliphatic carbocycles. The molecular weight excluding hydrogens is 318 g/mol. The Morgan fingerprint density at radius 1 is 1.60 bits per heavy atom. The second kappa shape index (κ2) is 6.76. The predicted molar refractivity (Wildman–Crippen MR) is 85.1 cm³/mol. The molecule has 2 heterocycles. The van der Waals surface area contributed by atoms with E-state index in [1.54, 1.807) is 0 Å². The third-order valence-electron chi connectivity index (χ3n) is 3.86. The van der Waals surface area contributed by atoms with Gasteiger partial charge < -0.3 is 14.8 Å². The molecule has 112 valence electrons. The normalized spacial score (nSPS) is 18.8. The Balaban J connectivity index is 2.15. The number of carbonyl (C=O) groups is 1. The molecular formula is C15H24BrN3O. The summed E-state index contributed by atoms with van der Waals surface area (Å²) < 4.78 is 3.00. The summed E-state index contributed by atoms with van der Waals surface area (Å²) in [7, 11) is 0. The number of nitrogens with one attached hydrogen (secondary N) is 1. The Kier molecular flexibility index (Phi) is 5.27. The van der Waals surface area contributed by atoms with Gasteiger partial charge in [0.2, 0.25) is 0 Å². The van der Waals surface area contributed by atoms with Gasteiger partial charge in [-0.2, -0.15) is 0 Å².